The molecule has 12 rings (SSSR count). The van der Waals surface area contributed by atoms with Crippen molar-refractivity contribution < 1.29 is 93.6 Å². The largest absolute Gasteiger partial charge is 0.490 e. The van der Waals surface area contributed by atoms with Crippen LogP contribution in [0.4, 0.5) is 17.6 Å². The van der Waals surface area contributed by atoms with E-state index in [1.165, 1.54) is 41.0 Å². The Morgan fingerprint density at radius 1 is 0.273 bits per heavy atom. The highest BCUT2D eigenvalue weighted by Crippen LogP contribution is 2.37. The number of ether oxygens (including phenoxy) is 12. The zero-order valence-electron chi connectivity index (χ0n) is 81.8. The molecule has 0 N–H and O–H groups in total. The van der Waals surface area contributed by atoms with Crippen LogP contribution in [0.2, 0.25) is 10.0 Å². The topological polar surface area (TPSA) is 179 Å². The van der Waals surface area contributed by atoms with Crippen LogP contribution in [0.1, 0.15) is 164 Å². The van der Waals surface area contributed by atoms with Crippen molar-refractivity contribution in [2.45, 2.75) is 165 Å². The van der Waals surface area contributed by atoms with Crippen LogP contribution in [-0.2, 0) is 44.3 Å². The highest BCUT2D eigenvalue weighted by atomic mass is 35.5. The minimum Gasteiger partial charge on any atom is -0.490 e. The minimum absolute atomic E-state index is 0.238. The van der Waals surface area contributed by atoms with Gasteiger partial charge in [0.1, 0.15) is 78.2 Å². The molecular weight excluding hydrogens is 1810 g/mol. The molecule has 0 saturated heterocycles. The zero-order chi connectivity index (χ0) is 101. The third-order valence-electron chi connectivity index (χ3n) is 23.1. The minimum atomic E-state index is -4.34. The number of carbonyl (C=O) groups is 4. The second-order valence-corrected chi connectivity index (χ2v) is 34.1. The molecule has 4 unspecified atom stereocenters. The van der Waals surface area contributed by atoms with Crippen molar-refractivity contribution in [1.82, 2.24) is 0 Å². The highest BCUT2D eigenvalue weighted by Gasteiger charge is 2.39. The van der Waals surface area contributed by atoms with Crippen LogP contribution in [-0.4, -0.2) is 99.1 Å². The van der Waals surface area contributed by atoms with Crippen LogP contribution in [0.5, 0.6) is 46.0 Å². The normalized spacial score (nSPS) is 13.3. The lowest BCUT2D eigenvalue weighted by atomic mass is 10.00. The molecule has 12 aromatic rings. The number of esters is 4. The van der Waals surface area contributed by atoms with Gasteiger partial charge >= 0.3 is 30.1 Å². The van der Waals surface area contributed by atoms with E-state index >= 15 is 0 Å². The van der Waals surface area contributed by atoms with Crippen molar-refractivity contribution >= 4 is 69.4 Å². The van der Waals surface area contributed by atoms with Gasteiger partial charge in [-0.2, -0.15) is 13.2 Å². The Labute approximate surface area is 825 Å². The van der Waals surface area contributed by atoms with E-state index in [2.05, 4.69) is 73.7 Å². The van der Waals surface area contributed by atoms with E-state index in [1.807, 2.05) is 182 Å². The molecule has 16 nitrogen and oxygen atoms in total. The first-order valence-corrected chi connectivity index (χ1v) is 47.2. The van der Waals surface area contributed by atoms with Gasteiger partial charge in [0, 0.05) is 10.0 Å². The van der Waals surface area contributed by atoms with Gasteiger partial charge in [-0.1, -0.05) is 203 Å². The predicted molar refractivity (Wildman–Crippen MR) is 549 cm³/mol. The molecule has 0 aromatic heterocycles. The van der Waals surface area contributed by atoms with Gasteiger partial charge in [0.15, 0.2) is 0 Å². The molecule has 4 atom stereocenters. The fourth-order valence-electron chi connectivity index (χ4n) is 13.7. The Balaban J connectivity index is 0.000000207. The summed E-state index contributed by atoms with van der Waals surface area (Å²) in [4.78, 5) is 48.8. The summed E-state index contributed by atoms with van der Waals surface area (Å²) in [5, 5.41) is 1.23. The van der Waals surface area contributed by atoms with Crippen LogP contribution in [0.3, 0.4) is 0 Å². The molecule has 139 heavy (non-hydrogen) atoms. The Bertz CT molecular complexity index is 5990. The van der Waals surface area contributed by atoms with Crippen molar-refractivity contribution in [1.29, 1.82) is 0 Å². The van der Waals surface area contributed by atoms with E-state index in [9.17, 15) is 36.7 Å². The first-order chi connectivity index (χ1) is 66.6. The molecule has 0 aliphatic carbocycles. The monoisotopic (exact) mass is 1930 g/mol. The number of alkyl halides is 3. The molecule has 0 aliphatic rings. The molecule has 730 valence electrons. The summed E-state index contributed by atoms with van der Waals surface area (Å²) in [5.41, 5.74) is 12.0. The molecule has 0 heterocycles. The quantitative estimate of drug-likeness (QED) is 0.0201. The third kappa shape index (κ3) is 33.2. The number of hydrogen-bond acceptors (Lipinski definition) is 16. The smallest absolute Gasteiger partial charge is 0.416 e. The maximum Gasteiger partial charge on any atom is 0.416 e. The van der Waals surface area contributed by atoms with Crippen LogP contribution in [0.15, 0.2) is 315 Å². The molecule has 0 spiro atoms. The van der Waals surface area contributed by atoms with Crippen molar-refractivity contribution in [2.24, 2.45) is 0 Å². The molecule has 0 saturated carbocycles. The fourth-order valence-corrected chi connectivity index (χ4v) is 14.2. The van der Waals surface area contributed by atoms with Crippen molar-refractivity contribution in [2.75, 3.05) is 52.9 Å². The highest BCUT2D eigenvalue weighted by molar-refractivity contribution is 6.35. The van der Waals surface area contributed by atoms with E-state index in [1.54, 1.807) is 134 Å². The van der Waals surface area contributed by atoms with Gasteiger partial charge in [0.25, 0.3) is 0 Å². The summed E-state index contributed by atoms with van der Waals surface area (Å²) in [6, 6.07) is 88.8. The number of halogens is 6. The van der Waals surface area contributed by atoms with Crippen molar-refractivity contribution in [3.05, 3.63) is 359 Å². The van der Waals surface area contributed by atoms with Crippen molar-refractivity contribution in [3.8, 4) is 90.5 Å². The van der Waals surface area contributed by atoms with E-state index in [-0.39, 0.29) is 23.7 Å². The maximum atomic E-state index is 13.1. The zero-order valence-corrected chi connectivity index (χ0v) is 83.3. The van der Waals surface area contributed by atoms with Crippen LogP contribution >= 0.6 is 23.2 Å². The summed E-state index contributed by atoms with van der Waals surface area (Å²) in [5.74, 6) is 3.39. The number of hydrogen-bond donors (Lipinski definition) is 0. The van der Waals surface area contributed by atoms with Crippen molar-refractivity contribution in [3.63, 3.8) is 0 Å². The maximum absolute atomic E-state index is 13.1. The number of allylic oxidation sites excluding steroid dienone is 4. The molecule has 0 aliphatic heterocycles. The average molecular weight is 1930 g/mol. The Morgan fingerprint density at radius 2 is 0.482 bits per heavy atom. The SMILES string of the molecule is CCOC(=O)C(C)(CC)Oc1ccc(OC/C=C(\C)c2ccc(-c3cc(Cl)cc(Cl)c3)cc2)cc1.CCOC(=O)C(C)(CC)Oc1ccc(OC/C=C(\C)c2ccc(-c3ccc(C(F)(F)F)cc3)cc2)cc1.CCOC(=O)C(C)(CC)Oc1ccc(OC/C=C(\C)c2ccc(-c3ccc(F)cc3)cc2)cc1.CCOC(=O)C(C)(CC)Oc1ccc(OC/C=C(\C)c2ccc(-c3ccccc3)cc2)cc1. The lowest BCUT2D eigenvalue weighted by Gasteiger charge is -2.27. The number of rotatable bonds is 40. The van der Waals surface area contributed by atoms with E-state index in [0.717, 1.165) is 90.2 Å². The Hall–Kier alpha value is -13.8. The Morgan fingerprint density at radius 3 is 0.705 bits per heavy atom. The lowest BCUT2D eigenvalue weighted by Crippen LogP contribution is -2.42. The van der Waals surface area contributed by atoms with Gasteiger partial charge in [-0.15, -0.1) is 0 Å². The lowest BCUT2D eigenvalue weighted by molar-refractivity contribution is -0.161. The molecule has 0 radical (unpaired) electrons. The summed E-state index contributed by atoms with van der Waals surface area (Å²) in [6.07, 6.45) is 5.71. The van der Waals surface area contributed by atoms with E-state index in [0.29, 0.717) is 129 Å². The summed E-state index contributed by atoms with van der Waals surface area (Å²) in [6.45, 7) is 32.6. The third-order valence-corrected chi connectivity index (χ3v) is 23.6. The molecular formula is C117H124Cl2F4O16. The van der Waals surface area contributed by atoms with Gasteiger partial charge in [0.2, 0.25) is 22.4 Å². The van der Waals surface area contributed by atoms with Crippen LogP contribution < -0.4 is 37.9 Å². The second-order valence-electron chi connectivity index (χ2n) is 33.2. The summed E-state index contributed by atoms with van der Waals surface area (Å²) >= 11 is 12.2. The van der Waals surface area contributed by atoms with Crippen LogP contribution in [0.25, 0.3) is 66.8 Å². The molecule has 0 fully saturated rings. The first kappa shape index (κ1) is 109. The van der Waals surface area contributed by atoms with E-state index in [4.69, 9.17) is 80.0 Å². The fraction of sp³-hybridized carbons (Fsp3) is 0.282. The van der Waals surface area contributed by atoms with Gasteiger partial charge in [-0.05, 0) is 362 Å². The molecule has 0 amide bonds. The second kappa shape index (κ2) is 53.2. The Kier molecular flexibility index (Phi) is 41.7. The van der Waals surface area contributed by atoms with Gasteiger partial charge in [-0.25, -0.2) is 23.6 Å². The van der Waals surface area contributed by atoms with E-state index < -0.39 is 40.1 Å². The van der Waals surface area contributed by atoms with Gasteiger partial charge < -0.3 is 56.8 Å². The summed E-state index contributed by atoms with van der Waals surface area (Å²) < 4.78 is 119. The predicted octanol–water partition coefficient (Wildman–Crippen LogP) is 30.3. The first-order valence-electron chi connectivity index (χ1n) is 46.5. The van der Waals surface area contributed by atoms with Gasteiger partial charge in [-0.3, -0.25) is 0 Å². The molecule has 22 heteroatoms. The molecule has 12 aromatic carbocycles. The number of carbonyl (C=O) groups excluding carboxylic acids is 4. The van der Waals surface area contributed by atoms with Gasteiger partial charge in [0.05, 0.1) is 32.0 Å². The standard InChI is InChI=1S/C30H31F3O4.C29H30Cl2O4.C29H31FO4.C29H32O4/c1-5-29(4,28(34)35-6-2)37-27-17-15-26(16-18-27)36-20-19-21(3)22-7-9-23(10-8-22)24-11-13-25(14-12-24)30(31,32)33;1-5-29(4,28(32)33-6-2)35-27-13-11-26(12-14-27)34-16-15-20(3)21-7-9-22(10-8-21)23-17-24(30)19-25(31)18-23;1-5-29(4,28(31)32-6-2)34-27-17-15-26(16-18-27)33-20-19-21(3)22-7-9-23(10-8-22)24-11-13-25(30)14-12-24;1-5-29(4,28(30)31-6-2)33-27-18-16-26(17-19-27)32-21-20-22(3)23-12-14-25(15-13-23)24-10-8-7-9-11-24/h7-19H,5-6,20H2,1-4H3;7-15,17-19H,5-6,16H2,1-4H3;7-19H,5-6,20H2,1-4H3;7-20H,5-6,21H2,1-4H3/b21-19+;20-15+;21-19+;22-20+. The van der Waals surface area contributed by atoms with Crippen LogP contribution in [0, 0.1) is 5.82 Å². The molecule has 0 bridgehead atoms. The number of benzene rings is 12. The average Bonchev–Trinajstić information content (AvgIpc) is 0.840. The summed E-state index contributed by atoms with van der Waals surface area (Å²) in [7, 11) is 0.